The van der Waals surface area contributed by atoms with Crippen molar-refractivity contribution in [2.24, 2.45) is 10.8 Å². The fraction of sp³-hybridized carbons (Fsp3) is 0.750. The molecule has 0 amide bonds. The van der Waals surface area contributed by atoms with E-state index in [9.17, 15) is 0 Å². The first-order valence-electron chi connectivity index (χ1n) is 7.83. The van der Waals surface area contributed by atoms with Crippen LogP contribution in [0.2, 0.25) is 0 Å². The molecule has 21 heavy (non-hydrogen) atoms. The molecule has 1 aliphatic carbocycles. The second-order valence-electron chi connectivity index (χ2n) is 7.69. The Labute approximate surface area is 126 Å². The molecule has 0 aromatic carbocycles. The van der Waals surface area contributed by atoms with E-state index in [0.29, 0.717) is 35.0 Å². The van der Waals surface area contributed by atoms with Crippen LogP contribution in [0.1, 0.15) is 47.0 Å². The van der Waals surface area contributed by atoms with Gasteiger partial charge in [-0.25, -0.2) is 4.98 Å². The molecule has 2 bridgehead atoms. The predicted molar refractivity (Wildman–Crippen MR) is 84.5 cm³/mol. The van der Waals surface area contributed by atoms with Crippen LogP contribution in [0.4, 0.5) is 11.5 Å². The summed E-state index contributed by atoms with van der Waals surface area (Å²) < 4.78 is 5.51. The fourth-order valence-corrected chi connectivity index (χ4v) is 4.56. The highest BCUT2D eigenvalue weighted by Gasteiger charge is 2.50. The number of fused-ring (bicyclic) bond motifs is 2. The third kappa shape index (κ3) is 2.54. The Hall–Kier alpha value is -1.52. The number of nitrogen functional groups attached to an aromatic ring is 1. The standard InChI is InChI=1S/C16H26N4O/c1-5-21-14-12(17)13(18-10-19-14)20-9-16(4)7-11(20)6-15(2,3)8-16/h10-11H,5-9,17H2,1-4H3. The molecular formula is C16H26N4O. The van der Waals surface area contributed by atoms with Gasteiger partial charge in [0.2, 0.25) is 5.88 Å². The third-order valence-electron chi connectivity index (χ3n) is 4.79. The molecule has 1 saturated heterocycles. The minimum atomic E-state index is 0.357. The molecule has 0 spiro atoms. The summed E-state index contributed by atoms with van der Waals surface area (Å²) in [5, 5.41) is 0. The van der Waals surface area contributed by atoms with Crippen molar-refractivity contribution in [1.82, 2.24) is 9.97 Å². The monoisotopic (exact) mass is 290 g/mol. The molecule has 1 saturated carbocycles. The van der Waals surface area contributed by atoms with E-state index in [1.54, 1.807) is 6.33 Å². The van der Waals surface area contributed by atoms with Gasteiger partial charge in [-0.3, -0.25) is 0 Å². The number of anilines is 2. The molecule has 116 valence electrons. The Morgan fingerprint density at radius 2 is 2.10 bits per heavy atom. The predicted octanol–water partition coefficient (Wildman–Crippen LogP) is 2.86. The van der Waals surface area contributed by atoms with Crippen LogP contribution in [0.25, 0.3) is 0 Å². The lowest BCUT2D eigenvalue weighted by molar-refractivity contribution is 0.136. The van der Waals surface area contributed by atoms with E-state index in [0.717, 1.165) is 12.4 Å². The van der Waals surface area contributed by atoms with Gasteiger partial charge >= 0.3 is 0 Å². The van der Waals surface area contributed by atoms with Crippen molar-refractivity contribution in [1.29, 1.82) is 0 Å². The molecule has 0 radical (unpaired) electrons. The van der Waals surface area contributed by atoms with E-state index >= 15 is 0 Å². The van der Waals surface area contributed by atoms with Crippen molar-refractivity contribution in [2.45, 2.75) is 53.0 Å². The number of nitrogens with zero attached hydrogens (tertiary/aromatic N) is 3. The lowest BCUT2D eigenvalue weighted by atomic mass is 9.65. The smallest absolute Gasteiger partial charge is 0.242 e. The molecule has 2 heterocycles. The molecule has 2 fully saturated rings. The van der Waals surface area contributed by atoms with Gasteiger partial charge in [-0.15, -0.1) is 0 Å². The van der Waals surface area contributed by atoms with Crippen molar-refractivity contribution in [3.8, 4) is 5.88 Å². The van der Waals surface area contributed by atoms with Crippen LogP contribution in [0.5, 0.6) is 5.88 Å². The summed E-state index contributed by atoms with van der Waals surface area (Å²) in [6.07, 6.45) is 5.24. The lowest BCUT2D eigenvalue weighted by Gasteiger charge is -2.39. The summed E-state index contributed by atoms with van der Waals surface area (Å²) in [4.78, 5) is 11.0. The summed E-state index contributed by atoms with van der Waals surface area (Å²) >= 11 is 0. The maximum absolute atomic E-state index is 6.25. The lowest BCUT2D eigenvalue weighted by Crippen LogP contribution is -2.35. The van der Waals surface area contributed by atoms with E-state index in [2.05, 4.69) is 35.6 Å². The molecule has 5 heteroatoms. The van der Waals surface area contributed by atoms with Crippen molar-refractivity contribution in [3.05, 3.63) is 6.33 Å². The normalized spacial score (nSPS) is 30.5. The number of hydrogen-bond donors (Lipinski definition) is 1. The summed E-state index contributed by atoms with van der Waals surface area (Å²) in [6.45, 7) is 10.7. The van der Waals surface area contributed by atoms with Gasteiger partial charge in [0, 0.05) is 12.6 Å². The topological polar surface area (TPSA) is 64.3 Å². The number of rotatable bonds is 3. The summed E-state index contributed by atoms with van der Waals surface area (Å²) in [7, 11) is 0. The number of nitrogens with two attached hydrogens (primary N) is 1. The molecule has 1 aromatic heterocycles. The van der Waals surface area contributed by atoms with E-state index in [-0.39, 0.29) is 0 Å². The minimum absolute atomic E-state index is 0.357. The molecule has 2 unspecified atom stereocenters. The van der Waals surface area contributed by atoms with Gasteiger partial charge in [0.05, 0.1) is 6.61 Å². The highest BCUT2D eigenvalue weighted by atomic mass is 16.5. The van der Waals surface area contributed by atoms with Gasteiger partial charge in [0.25, 0.3) is 0 Å². The van der Waals surface area contributed by atoms with Crippen molar-refractivity contribution >= 4 is 11.5 Å². The first kappa shape index (κ1) is 14.4. The third-order valence-corrected chi connectivity index (χ3v) is 4.79. The van der Waals surface area contributed by atoms with Gasteiger partial charge in [-0.2, -0.15) is 4.98 Å². The molecule has 2 aliphatic rings. The molecule has 3 rings (SSSR count). The van der Waals surface area contributed by atoms with E-state index in [1.807, 2.05) is 6.92 Å². The van der Waals surface area contributed by atoms with Crippen LogP contribution in [0.3, 0.4) is 0 Å². The van der Waals surface area contributed by atoms with Crippen molar-refractivity contribution in [3.63, 3.8) is 0 Å². The molecule has 2 atom stereocenters. The number of aromatic nitrogens is 2. The summed E-state index contributed by atoms with van der Waals surface area (Å²) in [6, 6.07) is 0.519. The van der Waals surface area contributed by atoms with Gasteiger partial charge in [0.1, 0.15) is 12.0 Å². The van der Waals surface area contributed by atoms with Crippen LogP contribution >= 0.6 is 0 Å². The molecule has 5 nitrogen and oxygen atoms in total. The first-order valence-corrected chi connectivity index (χ1v) is 7.83. The van der Waals surface area contributed by atoms with Gasteiger partial charge in [-0.05, 0) is 37.0 Å². The zero-order valence-electron chi connectivity index (χ0n) is 13.5. The molecule has 1 aromatic rings. The molecule has 1 aliphatic heterocycles. The van der Waals surface area contributed by atoms with E-state index in [1.165, 1.54) is 19.3 Å². The van der Waals surface area contributed by atoms with E-state index < -0.39 is 0 Å². The van der Waals surface area contributed by atoms with Crippen LogP contribution in [0.15, 0.2) is 6.33 Å². The fourth-order valence-electron chi connectivity index (χ4n) is 4.56. The Morgan fingerprint density at radius 1 is 1.33 bits per heavy atom. The van der Waals surface area contributed by atoms with E-state index in [4.69, 9.17) is 10.5 Å². The van der Waals surface area contributed by atoms with Crippen LogP contribution < -0.4 is 15.4 Å². The first-order chi connectivity index (χ1) is 9.84. The average Bonchev–Trinajstić information content (AvgIpc) is 2.61. The number of hydrogen-bond acceptors (Lipinski definition) is 5. The Bertz CT molecular complexity index is 545. The van der Waals surface area contributed by atoms with Gasteiger partial charge in [0.15, 0.2) is 5.82 Å². The van der Waals surface area contributed by atoms with Gasteiger partial charge < -0.3 is 15.4 Å². The molecular weight excluding hydrogens is 264 g/mol. The van der Waals surface area contributed by atoms with Crippen molar-refractivity contribution in [2.75, 3.05) is 23.8 Å². The van der Waals surface area contributed by atoms with Crippen molar-refractivity contribution < 1.29 is 4.74 Å². The zero-order chi connectivity index (χ0) is 15.3. The second kappa shape index (κ2) is 4.75. The minimum Gasteiger partial charge on any atom is -0.476 e. The Balaban J connectivity index is 1.94. The summed E-state index contributed by atoms with van der Waals surface area (Å²) in [5.74, 6) is 1.35. The number of ether oxygens (including phenoxy) is 1. The maximum atomic E-state index is 6.25. The Kier molecular flexibility index (Phi) is 3.26. The average molecular weight is 290 g/mol. The summed E-state index contributed by atoms with van der Waals surface area (Å²) in [5.41, 5.74) is 7.57. The quantitative estimate of drug-likeness (QED) is 0.927. The van der Waals surface area contributed by atoms with Crippen LogP contribution in [-0.4, -0.2) is 29.2 Å². The van der Waals surface area contributed by atoms with Crippen LogP contribution in [0, 0.1) is 10.8 Å². The zero-order valence-corrected chi connectivity index (χ0v) is 13.5. The highest BCUT2D eigenvalue weighted by molar-refractivity contribution is 5.68. The second-order valence-corrected chi connectivity index (χ2v) is 7.69. The SMILES string of the molecule is CCOc1ncnc(N2CC3(C)CC2CC(C)(C)C3)c1N. The van der Waals surface area contributed by atoms with Crippen LogP contribution in [-0.2, 0) is 0 Å². The maximum Gasteiger partial charge on any atom is 0.242 e. The van der Waals surface area contributed by atoms with Gasteiger partial charge in [-0.1, -0.05) is 20.8 Å². The Morgan fingerprint density at radius 3 is 2.81 bits per heavy atom. The highest BCUT2D eigenvalue weighted by Crippen LogP contribution is 2.54. The largest absolute Gasteiger partial charge is 0.476 e. The molecule has 2 N–H and O–H groups in total.